The molecule has 0 spiro atoms. The Hall–Kier alpha value is -1.56. The van der Waals surface area contributed by atoms with E-state index < -0.39 is 0 Å². The van der Waals surface area contributed by atoms with Crippen molar-refractivity contribution in [3.05, 3.63) is 5.69 Å². The van der Waals surface area contributed by atoms with Crippen LogP contribution in [0.5, 0.6) is 0 Å². The average molecular weight is 305 g/mol. The maximum atomic E-state index is 12.7. The summed E-state index contributed by atoms with van der Waals surface area (Å²) in [5.41, 5.74) is 1.80. The Morgan fingerprint density at radius 2 is 2.00 bits per heavy atom. The molecule has 0 saturated carbocycles. The molecule has 2 atom stereocenters. The monoisotopic (exact) mass is 305 g/mol. The van der Waals surface area contributed by atoms with Crippen LogP contribution in [0.1, 0.15) is 31.9 Å². The average Bonchev–Trinajstić information content (AvgIpc) is 2.67. The van der Waals surface area contributed by atoms with Crippen LogP contribution in [-0.2, 0) is 11.8 Å². The minimum Gasteiger partial charge on any atom is -0.355 e. The summed E-state index contributed by atoms with van der Waals surface area (Å²) in [5.74, 6) is 1.31. The highest BCUT2D eigenvalue weighted by Crippen LogP contribution is 2.33. The quantitative estimate of drug-likeness (QED) is 0.922. The van der Waals surface area contributed by atoms with Gasteiger partial charge in [-0.1, -0.05) is 0 Å². The number of rotatable bonds is 3. The van der Waals surface area contributed by atoms with Gasteiger partial charge in [0.1, 0.15) is 5.69 Å². The topological polar surface area (TPSA) is 53.4 Å². The Morgan fingerprint density at radius 3 is 2.59 bits per heavy atom. The molecule has 0 radical (unpaired) electrons. The van der Waals surface area contributed by atoms with Gasteiger partial charge in [-0.25, -0.2) is 0 Å². The lowest BCUT2D eigenvalue weighted by molar-refractivity contribution is -0.121. The van der Waals surface area contributed by atoms with Crippen molar-refractivity contribution in [1.82, 2.24) is 14.7 Å². The third-order valence-electron chi connectivity index (χ3n) is 5.17. The number of amides is 1. The van der Waals surface area contributed by atoms with Crippen molar-refractivity contribution in [3.8, 4) is 0 Å². The van der Waals surface area contributed by atoms with E-state index in [2.05, 4.69) is 34.2 Å². The molecule has 2 aliphatic heterocycles. The van der Waals surface area contributed by atoms with Gasteiger partial charge in [-0.3, -0.25) is 9.48 Å². The summed E-state index contributed by atoms with van der Waals surface area (Å²) in [6.45, 7) is 7.25. The van der Waals surface area contributed by atoms with Gasteiger partial charge in [0, 0.05) is 32.1 Å². The number of hydrogen-bond acceptors (Lipinski definition) is 4. The minimum atomic E-state index is 0.107. The van der Waals surface area contributed by atoms with Gasteiger partial charge < -0.3 is 15.1 Å². The molecule has 3 rings (SSSR count). The Balaban J connectivity index is 1.74. The van der Waals surface area contributed by atoms with E-state index in [1.54, 1.807) is 0 Å². The minimum absolute atomic E-state index is 0.107. The zero-order chi connectivity index (χ0) is 15.9. The Labute approximate surface area is 132 Å². The first-order chi connectivity index (χ1) is 10.5. The maximum Gasteiger partial charge on any atom is 0.227 e. The highest BCUT2D eigenvalue weighted by molar-refractivity contribution is 5.96. The van der Waals surface area contributed by atoms with Gasteiger partial charge in [-0.05, 0) is 46.7 Å². The Morgan fingerprint density at radius 1 is 1.27 bits per heavy atom. The van der Waals surface area contributed by atoms with Crippen LogP contribution in [0.2, 0.25) is 0 Å². The molecule has 0 aliphatic carbocycles. The second-order valence-electron chi connectivity index (χ2n) is 6.79. The fraction of sp³-hybridized carbons (Fsp3) is 0.750. The summed E-state index contributed by atoms with van der Waals surface area (Å²) >= 11 is 0. The molecule has 3 heterocycles. The van der Waals surface area contributed by atoms with Gasteiger partial charge in [0.25, 0.3) is 0 Å². The van der Waals surface area contributed by atoms with Gasteiger partial charge in [0.2, 0.25) is 5.91 Å². The molecule has 1 aromatic heterocycles. The van der Waals surface area contributed by atoms with Crippen molar-refractivity contribution >= 4 is 17.4 Å². The highest BCUT2D eigenvalue weighted by atomic mass is 16.1. The zero-order valence-corrected chi connectivity index (χ0v) is 14.1. The van der Waals surface area contributed by atoms with Gasteiger partial charge in [0.05, 0.1) is 5.69 Å². The molecule has 0 bridgehead atoms. The molecule has 6 heteroatoms. The van der Waals surface area contributed by atoms with E-state index in [0.29, 0.717) is 6.04 Å². The third-order valence-corrected chi connectivity index (χ3v) is 5.17. The third kappa shape index (κ3) is 2.72. The summed E-state index contributed by atoms with van der Waals surface area (Å²) in [5, 5.41) is 7.66. The van der Waals surface area contributed by atoms with E-state index in [1.165, 1.54) is 6.42 Å². The number of nitrogens with one attached hydrogen (secondary N) is 1. The summed E-state index contributed by atoms with van der Waals surface area (Å²) < 4.78 is 1.89. The zero-order valence-electron chi connectivity index (χ0n) is 14.1. The number of hydrogen-bond donors (Lipinski definition) is 1. The number of likely N-dealkylation sites (tertiary alicyclic amines) is 1. The summed E-state index contributed by atoms with van der Waals surface area (Å²) in [6.07, 6.45) is 3.08. The lowest BCUT2D eigenvalue weighted by Gasteiger charge is -2.35. The molecular formula is C16H27N5O. The largest absolute Gasteiger partial charge is 0.355 e. The predicted octanol–water partition coefficient (Wildman–Crippen LogP) is 1.61. The normalized spacial score (nSPS) is 25.9. The summed E-state index contributed by atoms with van der Waals surface area (Å²) in [7, 11) is 4.08. The standard InChI is InChI=1S/C16H27N5O/c1-11-10-13(6-9-19(11)3)15(22)17-14-12(2)18-20(4)16(14)21-7-5-8-21/h11,13H,5-10H2,1-4H3,(H,17,22)/t11-,13-/m1/s1. The number of carbonyl (C=O) groups excluding carboxylic acids is 1. The van der Waals surface area contributed by atoms with Crippen molar-refractivity contribution in [2.45, 2.75) is 39.2 Å². The van der Waals surface area contributed by atoms with Crippen molar-refractivity contribution in [1.29, 1.82) is 0 Å². The molecule has 0 aromatic carbocycles. The first-order valence-electron chi connectivity index (χ1n) is 8.27. The van der Waals surface area contributed by atoms with Crippen LogP contribution >= 0.6 is 0 Å². The van der Waals surface area contributed by atoms with E-state index in [0.717, 1.165) is 49.7 Å². The van der Waals surface area contributed by atoms with Crippen LogP contribution in [-0.4, -0.2) is 53.3 Å². The molecule has 22 heavy (non-hydrogen) atoms. The molecule has 2 fully saturated rings. The number of piperidine rings is 1. The number of aryl methyl sites for hydroxylation is 2. The molecule has 2 saturated heterocycles. The van der Waals surface area contributed by atoms with Gasteiger partial charge >= 0.3 is 0 Å². The second kappa shape index (κ2) is 5.91. The molecule has 6 nitrogen and oxygen atoms in total. The van der Waals surface area contributed by atoms with E-state index in [-0.39, 0.29) is 11.8 Å². The van der Waals surface area contributed by atoms with E-state index in [4.69, 9.17) is 0 Å². The van der Waals surface area contributed by atoms with Crippen LogP contribution in [0.4, 0.5) is 11.5 Å². The van der Waals surface area contributed by atoms with Gasteiger partial charge in [-0.15, -0.1) is 0 Å². The fourth-order valence-electron chi connectivity index (χ4n) is 3.44. The lowest BCUT2D eigenvalue weighted by atomic mass is 9.91. The first-order valence-corrected chi connectivity index (χ1v) is 8.27. The summed E-state index contributed by atoms with van der Waals surface area (Å²) in [4.78, 5) is 17.3. The van der Waals surface area contributed by atoms with Crippen LogP contribution in [0.15, 0.2) is 0 Å². The number of anilines is 2. The van der Waals surface area contributed by atoms with Crippen molar-refractivity contribution in [2.75, 3.05) is 36.9 Å². The molecule has 122 valence electrons. The van der Waals surface area contributed by atoms with Crippen molar-refractivity contribution in [2.24, 2.45) is 13.0 Å². The fourth-order valence-corrected chi connectivity index (χ4v) is 3.44. The first kappa shape index (κ1) is 15.3. The SMILES string of the molecule is Cc1nn(C)c(N2CCC2)c1NC(=O)[C@@H]1CCN(C)[C@H](C)C1. The van der Waals surface area contributed by atoms with E-state index in [9.17, 15) is 4.79 Å². The van der Waals surface area contributed by atoms with Gasteiger partial charge in [0.15, 0.2) is 5.82 Å². The predicted molar refractivity (Wildman–Crippen MR) is 88.2 cm³/mol. The number of nitrogens with zero attached hydrogens (tertiary/aromatic N) is 4. The molecule has 0 unspecified atom stereocenters. The molecule has 1 amide bonds. The highest BCUT2D eigenvalue weighted by Gasteiger charge is 2.30. The Bertz CT molecular complexity index is 563. The second-order valence-corrected chi connectivity index (χ2v) is 6.79. The van der Waals surface area contributed by atoms with Crippen LogP contribution in [0, 0.1) is 12.8 Å². The Kier molecular flexibility index (Phi) is 4.12. The number of aromatic nitrogens is 2. The maximum absolute atomic E-state index is 12.7. The van der Waals surface area contributed by atoms with Crippen LogP contribution in [0.3, 0.4) is 0 Å². The molecular weight excluding hydrogens is 278 g/mol. The lowest BCUT2D eigenvalue weighted by Crippen LogP contribution is -2.42. The van der Waals surface area contributed by atoms with Crippen LogP contribution in [0.25, 0.3) is 0 Å². The molecule has 2 aliphatic rings. The summed E-state index contributed by atoms with van der Waals surface area (Å²) in [6, 6.07) is 0.467. The van der Waals surface area contributed by atoms with Crippen molar-refractivity contribution in [3.63, 3.8) is 0 Å². The van der Waals surface area contributed by atoms with Crippen molar-refractivity contribution < 1.29 is 4.79 Å². The smallest absolute Gasteiger partial charge is 0.227 e. The van der Waals surface area contributed by atoms with E-state index >= 15 is 0 Å². The van der Waals surface area contributed by atoms with E-state index in [1.807, 2.05) is 18.7 Å². The molecule has 1 aromatic rings. The van der Waals surface area contributed by atoms with Crippen LogP contribution < -0.4 is 10.2 Å². The number of carbonyl (C=O) groups is 1. The molecule has 1 N–H and O–H groups in total. The van der Waals surface area contributed by atoms with Gasteiger partial charge in [-0.2, -0.15) is 5.10 Å².